The van der Waals surface area contributed by atoms with Crippen molar-refractivity contribution >= 4 is 0 Å². The Bertz CT molecular complexity index is 326. The molecular weight excluding hydrogens is 232 g/mol. The maximum absolute atomic E-state index is 9.94. The molecule has 0 saturated carbocycles. The van der Waals surface area contributed by atoms with E-state index in [0.29, 0.717) is 25.6 Å². The van der Waals surface area contributed by atoms with Crippen LogP contribution in [0.2, 0.25) is 0 Å². The van der Waals surface area contributed by atoms with Gasteiger partial charge >= 0.3 is 0 Å². The SMILES string of the molecule is CCC(CC)C(O)CNCc1cn(CCO)nn1. The Balaban J connectivity index is 2.27. The quantitative estimate of drug-likeness (QED) is 0.586. The van der Waals surface area contributed by atoms with Gasteiger partial charge in [0.1, 0.15) is 0 Å². The van der Waals surface area contributed by atoms with Crippen molar-refractivity contribution in [2.75, 3.05) is 13.2 Å². The van der Waals surface area contributed by atoms with Crippen molar-refractivity contribution in [3.05, 3.63) is 11.9 Å². The Kier molecular flexibility index (Phi) is 6.85. The van der Waals surface area contributed by atoms with Gasteiger partial charge in [0, 0.05) is 19.3 Å². The number of nitrogens with one attached hydrogen (secondary N) is 1. The Morgan fingerprint density at radius 3 is 2.72 bits per heavy atom. The fourth-order valence-electron chi connectivity index (χ4n) is 1.98. The van der Waals surface area contributed by atoms with Crippen LogP contribution in [0.25, 0.3) is 0 Å². The molecule has 0 aliphatic carbocycles. The van der Waals surface area contributed by atoms with Crippen LogP contribution in [0, 0.1) is 5.92 Å². The van der Waals surface area contributed by atoms with Crippen molar-refractivity contribution in [1.29, 1.82) is 0 Å². The summed E-state index contributed by atoms with van der Waals surface area (Å²) in [7, 11) is 0. The molecule has 0 radical (unpaired) electrons. The summed E-state index contributed by atoms with van der Waals surface area (Å²) in [5, 5.41) is 29.7. The number of rotatable bonds is 9. The van der Waals surface area contributed by atoms with E-state index >= 15 is 0 Å². The van der Waals surface area contributed by atoms with Gasteiger partial charge in [0.15, 0.2) is 0 Å². The molecule has 0 saturated heterocycles. The van der Waals surface area contributed by atoms with Gasteiger partial charge in [-0.3, -0.25) is 0 Å². The molecular formula is C12H24N4O2. The molecule has 1 unspecified atom stereocenters. The van der Waals surface area contributed by atoms with Crippen LogP contribution in [-0.2, 0) is 13.1 Å². The van der Waals surface area contributed by atoms with E-state index in [4.69, 9.17) is 5.11 Å². The summed E-state index contributed by atoms with van der Waals surface area (Å²) in [6.45, 7) is 5.87. The van der Waals surface area contributed by atoms with Gasteiger partial charge in [-0.05, 0) is 5.92 Å². The molecule has 1 aromatic heterocycles. The highest BCUT2D eigenvalue weighted by Gasteiger charge is 2.14. The van der Waals surface area contributed by atoms with Crippen molar-refractivity contribution in [2.45, 2.75) is 45.9 Å². The molecule has 1 aromatic rings. The van der Waals surface area contributed by atoms with Gasteiger partial charge in [-0.25, -0.2) is 4.68 Å². The zero-order valence-electron chi connectivity index (χ0n) is 11.2. The van der Waals surface area contributed by atoms with E-state index in [-0.39, 0.29) is 12.7 Å². The molecule has 0 fully saturated rings. The highest BCUT2D eigenvalue weighted by molar-refractivity contribution is 4.91. The summed E-state index contributed by atoms with van der Waals surface area (Å²) < 4.78 is 1.61. The van der Waals surface area contributed by atoms with Crippen molar-refractivity contribution in [3.63, 3.8) is 0 Å². The largest absolute Gasteiger partial charge is 0.394 e. The van der Waals surface area contributed by atoms with Crippen molar-refractivity contribution in [2.24, 2.45) is 5.92 Å². The van der Waals surface area contributed by atoms with Crippen LogP contribution in [0.15, 0.2) is 6.20 Å². The van der Waals surface area contributed by atoms with E-state index in [1.807, 2.05) is 0 Å². The van der Waals surface area contributed by atoms with Gasteiger partial charge in [0.25, 0.3) is 0 Å². The topological polar surface area (TPSA) is 83.2 Å². The van der Waals surface area contributed by atoms with E-state index in [1.165, 1.54) is 0 Å². The zero-order chi connectivity index (χ0) is 13.4. The van der Waals surface area contributed by atoms with Gasteiger partial charge < -0.3 is 15.5 Å². The van der Waals surface area contributed by atoms with E-state index in [1.54, 1.807) is 10.9 Å². The first-order chi connectivity index (χ1) is 8.71. The van der Waals surface area contributed by atoms with E-state index in [2.05, 4.69) is 29.5 Å². The number of aliphatic hydroxyl groups is 2. The number of hydrogen-bond donors (Lipinski definition) is 3. The molecule has 0 aliphatic heterocycles. The van der Waals surface area contributed by atoms with E-state index < -0.39 is 0 Å². The van der Waals surface area contributed by atoms with Crippen LogP contribution in [0.5, 0.6) is 0 Å². The molecule has 0 aliphatic rings. The summed E-state index contributed by atoms with van der Waals surface area (Å²) >= 11 is 0. The maximum atomic E-state index is 9.94. The Hall–Kier alpha value is -0.980. The van der Waals surface area contributed by atoms with Gasteiger partial charge in [0.05, 0.1) is 24.9 Å². The number of aromatic nitrogens is 3. The van der Waals surface area contributed by atoms with Crippen LogP contribution in [0.4, 0.5) is 0 Å². The van der Waals surface area contributed by atoms with Crippen molar-refractivity contribution in [3.8, 4) is 0 Å². The van der Waals surface area contributed by atoms with Crippen LogP contribution < -0.4 is 5.32 Å². The number of aliphatic hydroxyl groups excluding tert-OH is 2. The molecule has 3 N–H and O–H groups in total. The van der Waals surface area contributed by atoms with Gasteiger partial charge in [-0.2, -0.15) is 0 Å². The molecule has 104 valence electrons. The molecule has 0 aromatic carbocycles. The highest BCUT2D eigenvalue weighted by atomic mass is 16.3. The second-order valence-electron chi connectivity index (χ2n) is 4.47. The fraction of sp³-hybridized carbons (Fsp3) is 0.833. The van der Waals surface area contributed by atoms with Gasteiger partial charge in [-0.15, -0.1) is 5.10 Å². The minimum absolute atomic E-state index is 0.0591. The minimum Gasteiger partial charge on any atom is -0.394 e. The molecule has 0 spiro atoms. The molecule has 1 heterocycles. The number of hydrogen-bond acceptors (Lipinski definition) is 5. The normalized spacial score (nSPS) is 13.2. The first-order valence-corrected chi connectivity index (χ1v) is 6.59. The molecule has 18 heavy (non-hydrogen) atoms. The lowest BCUT2D eigenvalue weighted by Gasteiger charge is -2.20. The minimum atomic E-state index is -0.313. The predicted octanol–water partition coefficient (Wildman–Crippen LogP) is 0.157. The van der Waals surface area contributed by atoms with Gasteiger partial charge in [0.2, 0.25) is 0 Å². The summed E-state index contributed by atoms with van der Waals surface area (Å²) in [5.41, 5.74) is 0.820. The Morgan fingerprint density at radius 2 is 2.11 bits per heavy atom. The third-order valence-electron chi connectivity index (χ3n) is 3.17. The molecule has 6 heteroatoms. The average molecular weight is 256 g/mol. The lowest BCUT2D eigenvalue weighted by atomic mass is 9.96. The van der Waals surface area contributed by atoms with Crippen molar-refractivity contribution < 1.29 is 10.2 Å². The first-order valence-electron chi connectivity index (χ1n) is 6.59. The first kappa shape index (κ1) is 15.1. The number of nitrogens with zero attached hydrogens (tertiary/aromatic N) is 3. The molecule has 1 atom stereocenters. The Labute approximate surface area is 108 Å². The van der Waals surface area contributed by atoms with Crippen molar-refractivity contribution in [1.82, 2.24) is 20.3 Å². The summed E-state index contributed by atoms with van der Waals surface area (Å²) in [5.74, 6) is 0.350. The van der Waals surface area contributed by atoms with Gasteiger partial charge in [-0.1, -0.05) is 31.9 Å². The van der Waals surface area contributed by atoms with E-state index in [9.17, 15) is 5.11 Å². The third kappa shape index (κ3) is 4.72. The molecule has 1 rings (SSSR count). The van der Waals surface area contributed by atoms with Crippen LogP contribution in [0.3, 0.4) is 0 Å². The second-order valence-corrected chi connectivity index (χ2v) is 4.47. The summed E-state index contributed by atoms with van der Waals surface area (Å²) in [4.78, 5) is 0. The zero-order valence-corrected chi connectivity index (χ0v) is 11.2. The predicted molar refractivity (Wildman–Crippen MR) is 68.9 cm³/mol. The lowest BCUT2D eigenvalue weighted by molar-refractivity contribution is 0.101. The molecule has 0 amide bonds. The standard InChI is InChI=1S/C12H24N4O2/c1-3-10(4-2)12(18)8-13-7-11-9-16(5-6-17)15-14-11/h9-10,12-13,17-18H,3-8H2,1-2H3. The smallest absolute Gasteiger partial charge is 0.0964 e. The monoisotopic (exact) mass is 256 g/mol. The van der Waals surface area contributed by atoms with E-state index in [0.717, 1.165) is 18.5 Å². The Morgan fingerprint density at radius 1 is 1.39 bits per heavy atom. The average Bonchev–Trinajstić information content (AvgIpc) is 2.79. The summed E-state index contributed by atoms with van der Waals surface area (Å²) in [6.07, 6.45) is 3.47. The lowest BCUT2D eigenvalue weighted by Crippen LogP contribution is -2.32. The van der Waals surface area contributed by atoms with Crippen LogP contribution >= 0.6 is 0 Å². The summed E-state index contributed by atoms with van der Waals surface area (Å²) in [6, 6.07) is 0. The van der Waals surface area contributed by atoms with Crippen LogP contribution in [-0.4, -0.2) is 44.5 Å². The van der Waals surface area contributed by atoms with Crippen LogP contribution in [0.1, 0.15) is 32.4 Å². The maximum Gasteiger partial charge on any atom is 0.0964 e. The highest BCUT2D eigenvalue weighted by Crippen LogP contribution is 2.12. The fourth-order valence-corrected chi connectivity index (χ4v) is 1.98. The molecule has 6 nitrogen and oxygen atoms in total. The second kappa shape index (κ2) is 8.18. The third-order valence-corrected chi connectivity index (χ3v) is 3.17. The molecule has 0 bridgehead atoms.